The number of unbranched alkanes of at least 4 members (excludes halogenated alkanes) is 1. The van der Waals surface area contributed by atoms with E-state index in [0.717, 1.165) is 41.1 Å². The molecule has 2 aromatic carbocycles. The van der Waals surface area contributed by atoms with Crippen LogP contribution in [0.3, 0.4) is 0 Å². The summed E-state index contributed by atoms with van der Waals surface area (Å²) in [5.41, 5.74) is 4.34. The van der Waals surface area contributed by atoms with Crippen LogP contribution in [0.1, 0.15) is 45.2 Å². The SMILES string of the molecule is CCCCOc1ccc(C2C(C(C)=O)=C(C)Nc3nc4ccccc4n32)cc1OC. The Kier molecular flexibility index (Phi) is 5.48. The van der Waals surface area contributed by atoms with Crippen LogP contribution in [0.5, 0.6) is 11.5 Å². The van der Waals surface area contributed by atoms with Gasteiger partial charge in [-0.05, 0) is 50.1 Å². The average molecular weight is 405 g/mol. The van der Waals surface area contributed by atoms with Crippen LogP contribution in [-0.2, 0) is 4.79 Å². The second-order valence-corrected chi connectivity index (χ2v) is 7.53. The molecule has 156 valence electrons. The Morgan fingerprint density at radius 1 is 1.20 bits per heavy atom. The van der Waals surface area contributed by atoms with E-state index < -0.39 is 0 Å². The first-order valence-corrected chi connectivity index (χ1v) is 10.3. The highest BCUT2D eigenvalue weighted by molar-refractivity contribution is 5.97. The molecule has 0 saturated heterocycles. The second-order valence-electron chi connectivity index (χ2n) is 7.53. The van der Waals surface area contributed by atoms with Gasteiger partial charge >= 0.3 is 0 Å². The highest BCUT2D eigenvalue weighted by Gasteiger charge is 2.32. The van der Waals surface area contributed by atoms with Crippen molar-refractivity contribution >= 4 is 22.8 Å². The number of nitrogens with zero attached hydrogens (tertiary/aromatic N) is 2. The largest absolute Gasteiger partial charge is 0.493 e. The smallest absolute Gasteiger partial charge is 0.209 e. The lowest BCUT2D eigenvalue weighted by Crippen LogP contribution is -2.27. The summed E-state index contributed by atoms with van der Waals surface area (Å²) < 4.78 is 13.6. The fraction of sp³-hybridized carbons (Fsp3) is 0.333. The van der Waals surface area contributed by atoms with Crippen LogP contribution in [0.4, 0.5) is 5.95 Å². The zero-order chi connectivity index (χ0) is 21.3. The van der Waals surface area contributed by atoms with E-state index in [1.165, 1.54) is 0 Å². The molecule has 0 spiro atoms. The number of nitrogens with one attached hydrogen (secondary N) is 1. The Balaban J connectivity index is 1.86. The molecule has 1 atom stereocenters. The van der Waals surface area contributed by atoms with E-state index in [4.69, 9.17) is 14.5 Å². The fourth-order valence-corrected chi connectivity index (χ4v) is 4.04. The van der Waals surface area contributed by atoms with E-state index in [0.29, 0.717) is 23.7 Å². The Hall–Kier alpha value is -3.28. The number of fused-ring (bicyclic) bond motifs is 3. The summed E-state index contributed by atoms with van der Waals surface area (Å²) in [5, 5.41) is 3.31. The minimum Gasteiger partial charge on any atom is -0.493 e. The summed E-state index contributed by atoms with van der Waals surface area (Å²) in [5.74, 6) is 2.12. The molecule has 1 aliphatic heterocycles. The number of ether oxygens (including phenoxy) is 2. The minimum absolute atomic E-state index is 0.0238. The normalized spacial score (nSPS) is 15.7. The van der Waals surface area contributed by atoms with E-state index in [2.05, 4.69) is 16.8 Å². The van der Waals surface area contributed by atoms with Crippen LogP contribution in [0, 0.1) is 0 Å². The van der Waals surface area contributed by atoms with Crippen LogP contribution in [0.15, 0.2) is 53.7 Å². The number of carbonyl (C=O) groups excluding carboxylic acids is 1. The molecule has 4 rings (SSSR count). The van der Waals surface area contributed by atoms with E-state index in [-0.39, 0.29) is 11.8 Å². The number of aromatic nitrogens is 2. The lowest BCUT2D eigenvalue weighted by Gasteiger charge is -2.30. The Morgan fingerprint density at radius 2 is 2.00 bits per heavy atom. The third kappa shape index (κ3) is 3.43. The van der Waals surface area contributed by atoms with Gasteiger partial charge in [0.05, 0.1) is 30.8 Å². The molecule has 1 N–H and O–H groups in total. The molecule has 0 aliphatic carbocycles. The zero-order valence-corrected chi connectivity index (χ0v) is 17.9. The number of hydrogen-bond acceptors (Lipinski definition) is 5. The summed E-state index contributed by atoms with van der Waals surface area (Å²) in [6, 6.07) is 13.6. The quantitative estimate of drug-likeness (QED) is 0.554. The van der Waals surface area contributed by atoms with Crippen molar-refractivity contribution in [2.24, 2.45) is 0 Å². The molecule has 2 heterocycles. The number of imidazole rings is 1. The lowest BCUT2D eigenvalue weighted by atomic mass is 9.92. The van der Waals surface area contributed by atoms with Crippen LogP contribution in [-0.4, -0.2) is 29.1 Å². The maximum atomic E-state index is 12.7. The number of carbonyl (C=O) groups is 1. The maximum Gasteiger partial charge on any atom is 0.209 e. The van der Waals surface area contributed by atoms with E-state index in [1.807, 2.05) is 49.4 Å². The summed E-state index contributed by atoms with van der Waals surface area (Å²) >= 11 is 0. The molecule has 6 nitrogen and oxygen atoms in total. The third-order valence-electron chi connectivity index (χ3n) is 5.47. The topological polar surface area (TPSA) is 65.4 Å². The van der Waals surface area contributed by atoms with Crippen molar-refractivity contribution in [2.75, 3.05) is 19.0 Å². The van der Waals surface area contributed by atoms with Gasteiger partial charge in [0.1, 0.15) is 0 Å². The molecule has 1 aromatic heterocycles. The van der Waals surface area contributed by atoms with Crippen molar-refractivity contribution in [2.45, 2.75) is 39.7 Å². The molecule has 0 bridgehead atoms. The van der Waals surface area contributed by atoms with Crippen LogP contribution < -0.4 is 14.8 Å². The van der Waals surface area contributed by atoms with Crippen LogP contribution >= 0.6 is 0 Å². The first-order chi connectivity index (χ1) is 14.5. The molecule has 1 unspecified atom stereocenters. The van der Waals surface area contributed by atoms with Crippen molar-refractivity contribution in [1.82, 2.24) is 9.55 Å². The molecular weight excluding hydrogens is 378 g/mol. The number of hydrogen-bond donors (Lipinski definition) is 1. The molecule has 3 aromatic rings. The highest BCUT2D eigenvalue weighted by atomic mass is 16.5. The number of allylic oxidation sites excluding steroid dienone is 2. The first-order valence-electron chi connectivity index (χ1n) is 10.3. The van der Waals surface area contributed by atoms with E-state index in [9.17, 15) is 4.79 Å². The third-order valence-corrected chi connectivity index (χ3v) is 5.47. The van der Waals surface area contributed by atoms with E-state index >= 15 is 0 Å². The molecular formula is C24H27N3O3. The number of para-hydroxylation sites is 2. The molecule has 1 aliphatic rings. The Morgan fingerprint density at radius 3 is 2.73 bits per heavy atom. The van der Waals surface area contributed by atoms with Gasteiger partial charge in [-0.25, -0.2) is 4.98 Å². The van der Waals surface area contributed by atoms with Crippen molar-refractivity contribution in [3.05, 3.63) is 59.3 Å². The van der Waals surface area contributed by atoms with Gasteiger partial charge < -0.3 is 14.8 Å². The van der Waals surface area contributed by atoms with Gasteiger partial charge in [-0.1, -0.05) is 31.5 Å². The highest BCUT2D eigenvalue weighted by Crippen LogP contribution is 2.41. The molecule has 0 fully saturated rings. The number of Topliss-reactive ketones (excluding diaryl/α,β-unsaturated/α-hetero) is 1. The second kappa shape index (κ2) is 8.22. The molecule has 0 saturated carbocycles. The summed E-state index contributed by atoms with van der Waals surface area (Å²) in [7, 11) is 1.64. The predicted octanol–water partition coefficient (Wildman–Crippen LogP) is 5.10. The Bertz CT molecular complexity index is 1130. The number of benzene rings is 2. The number of ketones is 1. The molecule has 30 heavy (non-hydrogen) atoms. The Labute approximate surface area is 176 Å². The standard InChI is InChI=1S/C24H27N3O3/c1-5-6-13-30-20-12-11-17(14-21(20)29-4)23-22(16(3)28)15(2)25-24-26-18-9-7-8-10-19(18)27(23)24/h7-12,14,23H,5-6,13H2,1-4H3,(H,25,26). The average Bonchev–Trinajstić information content (AvgIpc) is 3.10. The van der Waals surface area contributed by atoms with Crippen molar-refractivity contribution in [1.29, 1.82) is 0 Å². The minimum atomic E-state index is -0.301. The number of methoxy groups -OCH3 is 1. The summed E-state index contributed by atoms with van der Waals surface area (Å²) in [6.45, 7) is 6.31. The van der Waals surface area contributed by atoms with Gasteiger partial charge in [-0.2, -0.15) is 0 Å². The fourth-order valence-electron chi connectivity index (χ4n) is 4.04. The summed E-state index contributed by atoms with van der Waals surface area (Å²) in [4.78, 5) is 17.4. The van der Waals surface area contributed by atoms with Crippen molar-refractivity contribution in [3.8, 4) is 11.5 Å². The lowest BCUT2D eigenvalue weighted by molar-refractivity contribution is -0.114. The van der Waals surface area contributed by atoms with Gasteiger partial charge in [-0.15, -0.1) is 0 Å². The number of anilines is 1. The van der Waals surface area contributed by atoms with Gasteiger partial charge in [0, 0.05) is 11.3 Å². The van der Waals surface area contributed by atoms with Crippen LogP contribution in [0.25, 0.3) is 11.0 Å². The molecule has 0 radical (unpaired) electrons. The van der Waals surface area contributed by atoms with E-state index in [1.54, 1.807) is 14.0 Å². The maximum absolute atomic E-state index is 12.7. The predicted molar refractivity (Wildman–Crippen MR) is 118 cm³/mol. The zero-order valence-electron chi connectivity index (χ0n) is 17.9. The summed E-state index contributed by atoms with van der Waals surface area (Å²) in [6.07, 6.45) is 2.05. The van der Waals surface area contributed by atoms with Crippen LogP contribution in [0.2, 0.25) is 0 Å². The van der Waals surface area contributed by atoms with Gasteiger partial charge in [0.2, 0.25) is 5.95 Å². The molecule has 0 amide bonds. The number of rotatable bonds is 7. The van der Waals surface area contributed by atoms with Gasteiger partial charge in [-0.3, -0.25) is 9.36 Å². The van der Waals surface area contributed by atoms with Crippen molar-refractivity contribution in [3.63, 3.8) is 0 Å². The van der Waals surface area contributed by atoms with Gasteiger partial charge in [0.25, 0.3) is 0 Å². The first kappa shape index (κ1) is 20.0. The van der Waals surface area contributed by atoms with Gasteiger partial charge in [0.15, 0.2) is 17.3 Å². The molecule has 6 heteroatoms. The monoisotopic (exact) mass is 405 g/mol. The van der Waals surface area contributed by atoms with Crippen molar-refractivity contribution < 1.29 is 14.3 Å².